The fourth-order valence-electron chi connectivity index (χ4n) is 3.50. The van der Waals surface area contributed by atoms with E-state index in [2.05, 4.69) is 9.97 Å². The van der Waals surface area contributed by atoms with Crippen LogP contribution < -0.4 is 0 Å². The number of para-hydroxylation sites is 1. The number of fused-ring (bicyclic) bond motifs is 4. The molecule has 0 aliphatic rings. The van der Waals surface area contributed by atoms with E-state index in [-0.39, 0.29) is 16.3 Å². The van der Waals surface area contributed by atoms with E-state index in [9.17, 15) is 26.3 Å². The van der Waals surface area contributed by atoms with Crippen LogP contribution in [0.4, 0.5) is 26.3 Å². The fourth-order valence-corrected chi connectivity index (χ4v) is 4.48. The predicted molar refractivity (Wildman–Crippen MR) is 104 cm³/mol. The average Bonchev–Trinajstić information content (AvgIpc) is 3.26. The van der Waals surface area contributed by atoms with Crippen molar-refractivity contribution in [2.24, 2.45) is 0 Å². The molecule has 0 bridgehead atoms. The Morgan fingerprint density at radius 1 is 0.767 bits per heavy atom. The summed E-state index contributed by atoms with van der Waals surface area (Å²) in [5, 5.41) is 0.503. The van der Waals surface area contributed by atoms with E-state index in [1.165, 1.54) is 17.4 Å². The van der Waals surface area contributed by atoms with Crippen molar-refractivity contribution in [3.05, 3.63) is 65.7 Å². The maximum atomic E-state index is 13.6. The minimum atomic E-state index is -4.66. The minimum Gasteiger partial charge on any atom is -0.354 e. The van der Waals surface area contributed by atoms with Crippen molar-refractivity contribution in [3.8, 4) is 10.6 Å². The monoisotopic (exact) mass is 436 g/mol. The molecule has 2 aromatic heterocycles. The van der Waals surface area contributed by atoms with Crippen molar-refractivity contribution in [2.45, 2.75) is 12.4 Å². The van der Waals surface area contributed by atoms with Crippen LogP contribution >= 0.6 is 11.3 Å². The second-order valence-corrected chi connectivity index (χ2v) is 7.84. The summed E-state index contributed by atoms with van der Waals surface area (Å²) in [4.78, 5) is 7.41. The highest BCUT2D eigenvalue weighted by Gasteiger charge is 2.34. The van der Waals surface area contributed by atoms with Crippen LogP contribution in [0.15, 0.2) is 54.6 Å². The second-order valence-electron chi connectivity index (χ2n) is 6.81. The van der Waals surface area contributed by atoms with Crippen LogP contribution in [0.3, 0.4) is 0 Å². The number of halogens is 6. The minimum absolute atomic E-state index is 0.0696. The molecule has 0 aliphatic carbocycles. The van der Waals surface area contributed by atoms with Crippen molar-refractivity contribution in [3.63, 3.8) is 0 Å². The largest absolute Gasteiger partial charge is 0.416 e. The highest BCUT2D eigenvalue weighted by atomic mass is 32.1. The molecule has 30 heavy (non-hydrogen) atoms. The highest BCUT2D eigenvalue weighted by molar-refractivity contribution is 7.21. The molecule has 0 saturated carbocycles. The van der Waals surface area contributed by atoms with Crippen molar-refractivity contribution in [1.82, 2.24) is 9.97 Å². The molecule has 2 heterocycles. The van der Waals surface area contributed by atoms with E-state index >= 15 is 0 Å². The molecule has 9 heteroatoms. The summed E-state index contributed by atoms with van der Waals surface area (Å²) in [5.74, 6) is 0. The molecular weight excluding hydrogens is 426 g/mol. The first kappa shape index (κ1) is 18.9. The van der Waals surface area contributed by atoms with Gasteiger partial charge >= 0.3 is 12.4 Å². The van der Waals surface area contributed by atoms with Gasteiger partial charge in [-0.3, -0.25) is 0 Å². The van der Waals surface area contributed by atoms with Gasteiger partial charge in [0.2, 0.25) is 0 Å². The topological polar surface area (TPSA) is 28.7 Å². The number of rotatable bonds is 1. The van der Waals surface area contributed by atoms with Gasteiger partial charge in [0.15, 0.2) is 0 Å². The van der Waals surface area contributed by atoms with Crippen LogP contribution in [0.5, 0.6) is 0 Å². The average molecular weight is 436 g/mol. The van der Waals surface area contributed by atoms with Gasteiger partial charge in [0, 0.05) is 21.9 Å². The van der Waals surface area contributed by atoms with Gasteiger partial charge in [-0.25, -0.2) is 4.98 Å². The fraction of sp³-hybridized carbons (Fsp3) is 0.0952. The van der Waals surface area contributed by atoms with E-state index in [4.69, 9.17) is 0 Å². The maximum Gasteiger partial charge on any atom is 0.416 e. The molecule has 0 fully saturated rings. The number of benzene rings is 3. The molecule has 0 atom stereocenters. The Morgan fingerprint density at radius 2 is 1.47 bits per heavy atom. The van der Waals surface area contributed by atoms with Crippen LogP contribution in [0.1, 0.15) is 11.1 Å². The normalized spacial score (nSPS) is 13.0. The summed E-state index contributed by atoms with van der Waals surface area (Å²) in [7, 11) is 0. The Kier molecular flexibility index (Phi) is 3.92. The first-order valence-corrected chi connectivity index (χ1v) is 9.53. The van der Waals surface area contributed by atoms with E-state index in [1.807, 2.05) is 6.07 Å². The second kappa shape index (κ2) is 6.21. The van der Waals surface area contributed by atoms with Crippen molar-refractivity contribution in [1.29, 1.82) is 0 Å². The third kappa shape index (κ3) is 3.00. The van der Waals surface area contributed by atoms with Gasteiger partial charge in [-0.15, -0.1) is 11.3 Å². The van der Waals surface area contributed by atoms with E-state index in [0.717, 1.165) is 29.0 Å². The van der Waals surface area contributed by atoms with Crippen molar-refractivity contribution in [2.75, 3.05) is 0 Å². The molecule has 5 rings (SSSR count). The third-order valence-electron chi connectivity index (χ3n) is 4.89. The van der Waals surface area contributed by atoms with Gasteiger partial charge in [0.05, 0.1) is 26.9 Å². The molecule has 0 aliphatic heterocycles. The number of nitrogens with one attached hydrogen (secondary N) is 1. The number of H-pyrrole nitrogens is 1. The lowest BCUT2D eigenvalue weighted by atomic mass is 10.0. The summed E-state index contributed by atoms with van der Waals surface area (Å²) < 4.78 is 81.0. The molecular formula is C21H10F6N2S. The summed E-state index contributed by atoms with van der Waals surface area (Å²) in [6.07, 6.45) is -9.26. The molecule has 0 radical (unpaired) electrons. The lowest BCUT2D eigenvalue weighted by Crippen LogP contribution is -2.05. The number of aromatic amines is 1. The molecule has 152 valence electrons. The smallest absolute Gasteiger partial charge is 0.354 e. The Morgan fingerprint density at radius 3 is 2.17 bits per heavy atom. The van der Waals surface area contributed by atoms with Gasteiger partial charge in [-0.2, -0.15) is 26.3 Å². The Hall–Kier alpha value is -3.07. The van der Waals surface area contributed by atoms with Gasteiger partial charge in [0.25, 0.3) is 0 Å². The number of nitrogens with zero attached hydrogens (tertiary/aromatic N) is 1. The summed E-state index contributed by atoms with van der Waals surface area (Å²) in [5.41, 5.74) is -0.391. The molecule has 0 saturated heterocycles. The highest BCUT2D eigenvalue weighted by Crippen LogP contribution is 2.42. The zero-order valence-corrected chi connectivity index (χ0v) is 15.6. The van der Waals surface area contributed by atoms with Crippen molar-refractivity contribution >= 4 is 43.4 Å². The first-order valence-electron chi connectivity index (χ1n) is 8.71. The standard InChI is InChI=1S/C21H10F6N2S/c22-20(23,24)10-5-6-15-12(7-10)13-8-11(21(25,26)27)9-14(18(13)28-15)19-29-16-3-1-2-4-17(16)30-19/h1-9,28H. The first-order chi connectivity index (χ1) is 14.1. The third-order valence-corrected chi connectivity index (χ3v) is 5.96. The summed E-state index contributed by atoms with van der Waals surface area (Å²) in [6.45, 7) is 0. The summed E-state index contributed by atoms with van der Waals surface area (Å²) in [6, 6.07) is 12.0. The lowest BCUT2D eigenvalue weighted by molar-refractivity contribution is -0.138. The zero-order chi connectivity index (χ0) is 21.3. The molecule has 5 aromatic rings. The molecule has 0 unspecified atom stereocenters. The van der Waals surface area contributed by atoms with Crippen LogP contribution in [0.2, 0.25) is 0 Å². The van der Waals surface area contributed by atoms with Crippen LogP contribution in [0, 0.1) is 0 Å². The van der Waals surface area contributed by atoms with E-state index in [1.54, 1.807) is 18.2 Å². The molecule has 0 amide bonds. The quantitative estimate of drug-likeness (QED) is 0.269. The maximum absolute atomic E-state index is 13.6. The lowest BCUT2D eigenvalue weighted by Gasteiger charge is -2.10. The molecule has 3 aromatic carbocycles. The van der Waals surface area contributed by atoms with Gasteiger partial charge in [0.1, 0.15) is 5.01 Å². The van der Waals surface area contributed by atoms with Crippen LogP contribution in [-0.2, 0) is 12.4 Å². The predicted octanol–water partition coefficient (Wildman–Crippen LogP) is 7.64. The zero-order valence-electron chi connectivity index (χ0n) is 14.8. The van der Waals surface area contributed by atoms with Crippen LogP contribution in [-0.4, -0.2) is 9.97 Å². The van der Waals surface area contributed by atoms with E-state index in [0.29, 0.717) is 21.6 Å². The number of thiazole rings is 1. The Balaban J connectivity index is 1.87. The van der Waals surface area contributed by atoms with E-state index < -0.39 is 23.5 Å². The SMILES string of the molecule is FC(F)(F)c1ccc2[nH]c3c(-c4nc5ccccc5s4)cc(C(F)(F)F)cc3c2c1. The van der Waals surface area contributed by atoms with Crippen molar-refractivity contribution < 1.29 is 26.3 Å². The Labute approximate surface area is 168 Å². The number of hydrogen-bond acceptors (Lipinski definition) is 2. The number of hydrogen-bond donors (Lipinski definition) is 1. The van der Waals surface area contributed by atoms with Gasteiger partial charge in [-0.05, 0) is 42.5 Å². The molecule has 1 N–H and O–H groups in total. The van der Waals surface area contributed by atoms with Crippen LogP contribution in [0.25, 0.3) is 42.6 Å². The summed E-state index contributed by atoms with van der Waals surface area (Å²) >= 11 is 1.22. The van der Waals surface area contributed by atoms with Gasteiger partial charge < -0.3 is 4.98 Å². The number of alkyl halides is 6. The number of aromatic nitrogens is 2. The molecule has 2 nitrogen and oxygen atoms in total. The van der Waals surface area contributed by atoms with Gasteiger partial charge in [-0.1, -0.05) is 12.1 Å². The Bertz CT molecular complexity index is 1390. The molecule has 0 spiro atoms.